The van der Waals surface area contributed by atoms with E-state index in [9.17, 15) is 0 Å². The summed E-state index contributed by atoms with van der Waals surface area (Å²) in [5.74, 6) is 0. The Morgan fingerprint density at radius 1 is 1.50 bits per heavy atom. The summed E-state index contributed by atoms with van der Waals surface area (Å²) in [6.45, 7) is 11.5. The molecule has 0 unspecified atom stereocenters. The summed E-state index contributed by atoms with van der Waals surface area (Å²) in [6, 6.07) is 0. The maximum atomic E-state index is 3.85. The van der Waals surface area contributed by atoms with Crippen molar-refractivity contribution in [3.63, 3.8) is 0 Å². The van der Waals surface area contributed by atoms with Gasteiger partial charge in [0, 0.05) is 15.0 Å². The maximum absolute atomic E-state index is 3.85. The van der Waals surface area contributed by atoms with E-state index >= 15 is 0 Å². The Morgan fingerprint density at radius 2 is 2.08 bits per heavy atom. The third-order valence-corrected chi connectivity index (χ3v) is 2.05. The molecule has 0 aliphatic rings. The van der Waals surface area contributed by atoms with Crippen LogP contribution >= 0.6 is 22.6 Å². The van der Waals surface area contributed by atoms with Crippen LogP contribution in [0.25, 0.3) is 0 Å². The summed E-state index contributed by atoms with van der Waals surface area (Å²) in [5.41, 5.74) is 1.99. The molecule has 0 saturated carbocycles. The molecular formula is C10H14IN. The Bertz CT molecular complexity index is 236. The van der Waals surface area contributed by atoms with E-state index in [4.69, 9.17) is 0 Å². The molecule has 0 rings (SSSR count). The fraction of sp³-hybridized carbons (Fsp3) is 0.200. The number of nitrogens with one attached hydrogen (secondary N) is 1. The van der Waals surface area contributed by atoms with Crippen molar-refractivity contribution < 1.29 is 0 Å². The van der Waals surface area contributed by atoms with Gasteiger partial charge in [-0.1, -0.05) is 25.3 Å². The molecule has 0 heterocycles. The van der Waals surface area contributed by atoms with E-state index in [1.165, 1.54) is 0 Å². The topological polar surface area (TPSA) is 12.0 Å². The largest absolute Gasteiger partial charge is 0.360 e. The van der Waals surface area contributed by atoms with Crippen LogP contribution in [0.1, 0.15) is 13.8 Å². The lowest BCUT2D eigenvalue weighted by atomic mass is 10.3. The van der Waals surface area contributed by atoms with Gasteiger partial charge in [0.05, 0.1) is 0 Å². The first-order chi connectivity index (χ1) is 5.60. The second-order valence-corrected chi connectivity index (χ2v) is 3.60. The zero-order chi connectivity index (χ0) is 9.56. The van der Waals surface area contributed by atoms with Crippen LogP contribution in [0.5, 0.6) is 0 Å². The first-order valence-corrected chi connectivity index (χ1v) is 4.76. The zero-order valence-electron chi connectivity index (χ0n) is 7.52. The lowest BCUT2D eigenvalue weighted by Crippen LogP contribution is -2.07. The number of rotatable bonds is 4. The van der Waals surface area contributed by atoms with Crippen molar-refractivity contribution in [2.24, 2.45) is 0 Å². The number of hydrogen-bond donors (Lipinski definition) is 1. The molecule has 0 aliphatic carbocycles. The summed E-state index contributed by atoms with van der Waals surface area (Å²) in [6.07, 6.45) is 5.73. The summed E-state index contributed by atoms with van der Waals surface area (Å²) in [4.78, 5) is 0. The molecule has 0 atom stereocenters. The predicted octanol–water partition coefficient (Wildman–Crippen LogP) is 3.52. The minimum Gasteiger partial charge on any atom is -0.360 e. The van der Waals surface area contributed by atoms with Gasteiger partial charge in [0.25, 0.3) is 0 Å². The molecular weight excluding hydrogens is 261 g/mol. The van der Waals surface area contributed by atoms with Gasteiger partial charge < -0.3 is 5.32 Å². The summed E-state index contributed by atoms with van der Waals surface area (Å²) in [7, 11) is 0. The second kappa shape index (κ2) is 6.06. The molecule has 0 fully saturated rings. The molecule has 0 spiro atoms. The Kier molecular flexibility index (Phi) is 5.80. The van der Waals surface area contributed by atoms with Gasteiger partial charge in [-0.15, -0.1) is 0 Å². The zero-order valence-corrected chi connectivity index (χ0v) is 9.68. The Hall–Kier alpha value is -0.510. The van der Waals surface area contributed by atoms with Crippen LogP contribution in [0, 0.1) is 0 Å². The van der Waals surface area contributed by atoms with Crippen molar-refractivity contribution in [3.05, 3.63) is 46.4 Å². The molecule has 66 valence electrons. The molecule has 2 heteroatoms. The number of hydrogen-bond acceptors (Lipinski definition) is 1. The number of halogens is 1. The van der Waals surface area contributed by atoms with Crippen LogP contribution < -0.4 is 5.32 Å². The minimum atomic E-state index is 0.884. The highest BCUT2D eigenvalue weighted by atomic mass is 127. The summed E-state index contributed by atoms with van der Waals surface area (Å²) in [5, 5.41) is 3.13. The summed E-state index contributed by atoms with van der Waals surface area (Å²) < 4.78 is 1.08. The van der Waals surface area contributed by atoms with Crippen LogP contribution in [-0.4, -0.2) is 0 Å². The van der Waals surface area contributed by atoms with E-state index < -0.39 is 0 Å². The third-order valence-electron chi connectivity index (χ3n) is 1.30. The average molecular weight is 275 g/mol. The van der Waals surface area contributed by atoms with Gasteiger partial charge in [-0.3, -0.25) is 0 Å². The lowest BCUT2D eigenvalue weighted by Gasteiger charge is -2.04. The molecule has 0 amide bonds. The van der Waals surface area contributed by atoms with Crippen LogP contribution in [0.2, 0.25) is 0 Å². The highest BCUT2D eigenvalue weighted by Gasteiger charge is 1.89. The third kappa shape index (κ3) is 5.18. The maximum Gasteiger partial charge on any atom is 0.0319 e. The van der Waals surface area contributed by atoms with Gasteiger partial charge in [-0.05, 0) is 42.5 Å². The van der Waals surface area contributed by atoms with Crippen LogP contribution in [0.15, 0.2) is 46.4 Å². The molecule has 0 aliphatic heterocycles. The molecule has 12 heavy (non-hydrogen) atoms. The molecule has 0 bridgehead atoms. The van der Waals surface area contributed by atoms with E-state index in [0.29, 0.717) is 0 Å². The van der Waals surface area contributed by atoms with Crippen LogP contribution in [0.3, 0.4) is 0 Å². The molecule has 0 aromatic heterocycles. The predicted molar refractivity (Wildman–Crippen MR) is 64.0 cm³/mol. The fourth-order valence-corrected chi connectivity index (χ4v) is 0.963. The Labute approximate surface area is 88.1 Å². The summed E-state index contributed by atoms with van der Waals surface area (Å²) >= 11 is 2.20. The van der Waals surface area contributed by atoms with Crippen LogP contribution in [0.4, 0.5) is 0 Å². The standard InChI is InChI=1S/C10H14IN/c1-5-8(3)12-9(4)7-10(11)6-2/h5-7,12H,2,4H2,1,3H3/b8-5+,10-7+. The van der Waals surface area contributed by atoms with Gasteiger partial charge in [-0.25, -0.2) is 0 Å². The van der Waals surface area contributed by atoms with Crippen molar-refractivity contribution in [1.29, 1.82) is 0 Å². The highest BCUT2D eigenvalue weighted by molar-refractivity contribution is 14.1. The first kappa shape index (κ1) is 11.5. The molecule has 0 radical (unpaired) electrons. The Morgan fingerprint density at radius 3 is 2.50 bits per heavy atom. The molecule has 0 saturated heterocycles. The van der Waals surface area contributed by atoms with E-state index in [0.717, 1.165) is 15.0 Å². The monoisotopic (exact) mass is 275 g/mol. The molecule has 1 N–H and O–H groups in total. The van der Waals surface area contributed by atoms with Gasteiger partial charge in [0.1, 0.15) is 0 Å². The normalized spacial score (nSPS) is 12.6. The molecule has 0 aromatic rings. The van der Waals surface area contributed by atoms with E-state index in [-0.39, 0.29) is 0 Å². The van der Waals surface area contributed by atoms with Crippen molar-refractivity contribution in [3.8, 4) is 0 Å². The van der Waals surface area contributed by atoms with E-state index in [2.05, 4.69) is 41.1 Å². The highest BCUT2D eigenvalue weighted by Crippen LogP contribution is 2.08. The van der Waals surface area contributed by atoms with Gasteiger partial charge in [0.2, 0.25) is 0 Å². The second-order valence-electron chi connectivity index (χ2n) is 2.36. The smallest absolute Gasteiger partial charge is 0.0319 e. The minimum absolute atomic E-state index is 0.884. The number of allylic oxidation sites excluding steroid dienone is 5. The quantitative estimate of drug-likeness (QED) is 0.611. The van der Waals surface area contributed by atoms with Crippen molar-refractivity contribution in [2.75, 3.05) is 0 Å². The molecule has 1 nitrogen and oxygen atoms in total. The van der Waals surface area contributed by atoms with Crippen molar-refractivity contribution >= 4 is 22.6 Å². The van der Waals surface area contributed by atoms with Gasteiger partial charge in [0.15, 0.2) is 0 Å². The first-order valence-electron chi connectivity index (χ1n) is 3.68. The van der Waals surface area contributed by atoms with Gasteiger partial charge in [-0.2, -0.15) is 0 Å². The fourth-order valence-electron chi connectivity index (χ4n) is 0.587. The van der Waals surface area contributed by atoms with Crippen molar-refractivity contribution in [2.45, 2.75) is 13.8 Å². The SMILES string of the molecule is C=C/C(I)=C\C(=C)N/C(C)=C/C. The molecule has 0 aromatic carbocycles. The average Bonchev–Trinajstić information content (AvgIpc) is 2.03. The van der Waals surface area contributed by atoms with E-state index in [1.54, 1.807) is 6.08 Å². The van der Waals surface area contributed by atoms with Gasteiger partial charge >= 0.3 is 0 Å². The van der Waals surface area contributed by atoms with Crippen molar-refractivity contribution in [1.82, 2.24) is 5.32 Å². The van der Waals surface area contributed by atoms with E-state index in [1.807, 2.05) is 26.0 Å². The Balaban J connectivity index is 4.16. The lowest BCUT2D eigenvalue weighted by molar-refractivity contribution is 1.00. The van der Waals surface area contributed by atoms with Crippen LogP contribution in [-0.2, 0) is 0 Å².